The summed E-state index contributed by atoms with van der Waals surface area (Å²) in [6, 6.07) is 14.5. The van der Waals surface area contributed by atoms with E-state index in [0.29, 0.717) is 0 Å². The van der Waals surface area contributed by atoms with Crippen LogP contribution in [0.5, 0.6) is 0 Å². The van der Waals surface area contributed by atoms with E-state index in [1.165, 1.54) is 10.5 Å². The lowest BCUT2D eigenvalue weighted by Gasteiger charge is -2.13. The maximum Gasteiger partial charge on any atom is 0.0441 e. The molecule has 0 fully saturated rings. The number of thioether (sulfide) groups is 1. The predicted molar refractivity (Wildman–Crippen MR) is 92.7 cm³/mol. The van der Waals surface area contributed by atoms with E-state index in [1.54, 1.807) is 11.8 Å². The number of hydrogen-bond acceptors (Lipinski definition) is 2. The number of halogens is 2. The van der Waals surface area contributed by atoms with Crippen molar-refractivity contribution in [1.82, 2.24) is 0 Å². The highest BCUT2D eigenvalue weighted by Gasteiger charge is 2.08. The van der Waals surface area contributed by atoms with Crippen LogP contribution < -0.4 is 5.73 Å². The first-order valence-electron chi connectivity index (χ1n) is 6.43. The smallest absolute Gasteiger partial charge is 0.0441 e. The lowest BCUT2D eigenvalue weighted by atomic mass is 10.1. The predicted octanol–water partition coefficient (Wildman–Crippen LogP) is 5.07. The fourth-order valence-electron chi connectivity index (χ4n) is 1.89. The van der Waals surface area contributed by atoms with E-state index in [1.807, 2.05) is 25.1 Å². The summed E-state index contributed by atoms with van der Waals surface area (Å²) in [5, 5.41) is 0.814. The standard InChI is InChI=1S/C16H17BrClNS/c1-11-2-3-12(16(18)8-11)9-14(19)10-20-15-6-4-13(17)5-7-15/h2-8,14H,9-10,19H2,1H3. The van der Waals surface area contributed by atoms with Gasteiger partial charge in [-0.25, -0.2) is 0 Å². The Hall–Kier alpha value is -0.480. The average Bonchev–Trinajstić information content (AvgIpc) is 2.41. The average molecular weight is 371 g/mol. The third-order valence-corrected chi connectivity index (χ3v) is 5.05. The Labute approximate surface area is 138 Å². The Morgan fingerprint density at radius 2 is 1.90 bits per heavy atom. The Morgan fingerprint density at radius 3 is 2.55 bits per heavy atom. The second-order valence-electron chi connectivity index (χ2n) is 4.82. The van der Waals surface area contributed by atoms with E-state index in [2.05, 4.69) is 40.2 Å². The van der Waals surface area contributed by atoms with Gasteiger partial charge in [-0.1, -0.05) is 39.7 Å². The molecule has 0 heterocycles. The van der Waals surface area contributed by atoms with Crippen molar-refractivity contribution in [3.05, 3.63) is 63.1 Å². The van der Waals surface area contributed by atoms with Crippen molar-refractivity contribution >= 4 is 39.3 Å². The van der Waals surface area contributed by atoms with E-state index >= 15 is 0 Å². The molecule has 2 N–H and O–H groups in total. The van der Waals surface area contributed by atoms with Crippen molar-refractivity contribution in [2.24, 2.45) is 5.73 Å². The van der Waals surface area contributed by atoms with Crippen LogP contribution >= 0.6 is 39.3 Å². The van der Waals surface area contributed by atoms with Crippen LogP contribution in [-0.4, -0.2) is 11.8 Å². The van der Waals surface area contributed by atoms with Gasteiger partial charge in [0.05, 0.1) is 0 Å². The molecule has 106 valence electrons. The van der Waals surface area contributed by atoms with Crippen LogP contribution in [0.25, 0.3) is 0 Å². The molecule has 1 unspecified atom stereocenters. The highest BCUT2D eigenvalue weighted by Crippen LogP contribution is 2.23. The van der Waals surface area contributed by atoms with Gasteiger partial charge in [-0.2, -0.15) is 0 Å². The van der Waals surface area contributed by atoms with Gasteiger partial charge in [-0.15, -0.1) is 11.8 Å². The first kappa shape index (κ1) is 15.9. The first-order valence-corrected chi connectivity index (χ1v) is 8.59. The van der Waals surface area contributed by atoms with Gasteiger partial charge in [-0.05, 0) is 54.8 Å². The molecule has 4 heteroatoms. The van der Waals surface area contributed by atoms with Crippen molar-refractivity contribution < 1.29 is 0 Å². The second-order valence-corrected chi connectivity index (χ2v) is 7.24. The SMILES string of the molecule is Cc1ccc(CC(N)CSc2ccc(Br)cc2)c(Cl)c1. The second kappa shape index (κ2) is 7.51. The molecule has 0 saturated carbocycles. The summed E-state index contributed by atoms with van der Waals surface area (Å²) in [5.74, 6) is 0.881. The molecule has 0 aliphatic heterocycles. The van der Waals surface area contributed by atoms with E-state index in [4.69, 9.17) is 17.3 Å². The van der Waals surface area contributed by atoms with Crippen LogP contribution in [-0.2, 0) is 6.42 Å². The molecule has 0 radical (unpaired) electrons. The normalized spacial score (nSPS) is 12.4. The number of hydrogen-bond donors (Lipinski definition) is 1. The summed E-state index contributed by atoms with van der Waals surface area (Å²) in [4.78, 5) is 1.23. The van der Waals surface area contributed by atoms with Gasteiger partial charge in [0.15, 0.2) is 0 Å². The minimum Gasteiger partial charge on any atom is -0.327 e. The topological polar surface area (TPSA) is 26.0 Å². The van der Waals surface area contributed by atoms with Gasteiger partial charge >= 0.3 is 0 Å². The molecule has 0 aromatic heterocycles. The summed E-state index contributed by atoms with van der Waals surface area (Å²) < 4.78 is 1.09. The molecule has 0 saturated heterocycles. The Kier molecular flexibility index (Phi) is 5.97. The molecule has 0 aliphatic rings. The van der Waals surface area contributed by atoms with Crippen LogP contribution in [0.4, 0.5) is 0 Å². The largest absolute Gasteiger partial charge is 0.327 e. The summed E-state index contributed by atoms with van der Waals surface area (Å²) >= 11 is 11.5. The van der Waals surface area contributed by atoms with E-state index in [-0.39, 0.29) is 6.04 Å². The van der Waals surface area contributed by atoms with E-state index < -0.39 is 0 Å². The Balaban J connectivity index is 1.89. The first-order chi connectivity index (χ1) is 9.54. The van der Waals surface area contributed by atoms with Crippen molar-refractivity contribution in [2.45, 2.75) is 24.3 Å². The van der Waals surface area contributed by atoms with E-state index in [0.717, 1.165) is 27.2 Å². The summed E-state index contributed by atoms with van der Waals surface area (Å²) in [6.45, 7) is 2.04. The third-order valence-electron chi connectivity index (χ3n) is 2.97. The molecule has 0 spiro atoms. The molecule has 2 aromatic rings. The third kappa shape index (κ3) is 4.81. The van der Waals surface area contributed by atoms with Gasteiger partial charge in [0.25, 0.3) is 0 Å². The molecule has 20 heavy (non-hydrogen) atoms. The molecule has 0 aliphatic carbocycles. The zero-order valence-corrected chi connectivity index (χ0v) is 14.4. The molecule has 0 bridgehead atoms. The van der Waals surface area contributed by atoms with E-state index in [9.17, 15) is 0 Å². The number of nitrogens with two attached hydrogens (primary N) is 1. The van der Waals surface area contributed by atoms with Crippen LogP contribution in [0.15, 0.2) is 51.8 Å². The van der Waals surface area contributed by atoms with Gasteiger partial charge in [-0.3, -0.25) is 0 Å². The van der Waals surface area contributed by atoms with Gasteiger partial charge in [0, 0.05) is 26.2 Å². The minimum atomic E-state index is 0.101. The minimum absolute atomic E-state index is 0.101. The number of rotatable bonds is 5. The monoisotopic (exact) mass is 369 g/mol. The zero-order chi connectivity index (χ0) is 14.5. The number of benzene rings is 2. The maximum atomic E-state index is 6.24. The molecule has 1 nitrogen and oxygen atoms in total. The quantitative estimate of drug-likeness (QED) is 0.743. The highest BCUT2D eigenvalue weighted by atomic mass is 79.9. The molecule has 2 aromatic carbocycles. The van der Waals surface area contributed by atoms with Crippen molar-refractivity contribution in [3.63, 3.8) is 0 Å². The zero-order valence-electron chi connectivity index (χ0n) is 11.3. The van der Waals surface area contributed by atoms with Crippen LogP contribution in [0, 0.1) is 6.92 Å². The van der Waals surface area contributed by atoms with Crippen LogP contribution in [0.3, 0.4) is 0 Å². The summed E-state index contributed by atoms with van der Waals surface area (Å²) in [7, 11) is 0. The number of aryl methyl sites for hydroxylation is 1. The maximum absolute atomic E-state index is 6.24. The molecule has 2 rings (SSSR count). The molecule has 1 atom stereocenters. The molecular formula is C16H17BrClNS. The van der Waals surface area contributed by atoms with Crippen LogP contribution in [0.1, 0.15) is 11.1 Å². The fraction of sp³-hybridized carbons (Fsp3) is 0.250. The fourth-order valence-corrected chi connectivity index (χ4v) is 3.32. The lowest BCUT2D eigenvalue weighted by molar-refractivity contribution is 0.748. The lowest BCUT2D eigenvalue weighted by Crippen LogP contribution is -2.25. The van der Waals surface area contributed by atoms with Crippen molar-refractivity contribution in [1.29, 1.82) is 0 Å². The van der Waals surface area contributed by atoms with Crippen molar-refractivity contribution in [2.75, 3.05) is 5.75 Å². The Morgan fingerprint density at radius 1 is 1.20 bits per heavy atom. The summed E-state index contributed by atoms with van der Waals surface area (Å²) in [5.41, 5.74) is 8.51. The Bertz CT molecular complexity index is 571. The highest BCUT2D eigenvalue weighted by molar-refractivity contribution is 9.10. The van der Waals surface area contributed by atoms with Gasteiger partial charge in [0.1, 0.15) is 0 Å². The van der Waals surface area contributed by atoms with Crippen LogP contribution in [0.2, 0.25) is 5.02 Å². The van der Waals surface area contributed by atoms with Gasteiger partial charge in [0.2, 0.25) is 0 Å². The summed E-state index contributed by atoms with van der Waals surface area (Å²) in [6.07, 6.45) is 0.808. The van der Waals surface area contributed by atoms with Gasteiger partial charge < -0.3 is 5.73 Å². The van der Waals surface area contributed by atoms with Crippen molar-refractivity contribution in [3.8, 4) is 0 Å². The molecule has 0 amide bonds. The molecular weight excluding hydrogens is 354 g/mol.